The Morgan fingerprint density at radius 2 is 1.83 bits per heavy atom. The van der Waals surface area contributed by atoms with Crippen LogP contribution in [0.2, 0.25) is 0 Å². The van der Waals surface area contributed by atoms with Crippen molar-refractivity contribution in [2.24, 2.45) is 0 Å². The monoisotopic (exact) mass is 186 g/mol. The van der Waals surface area contributed by atoms with Gasteiger partial charge in [0, 0.05) is 11.3 Å². The zero-order valence-corrected chi connectivity index (χ0v) is 8.76. The molecule has 2 saturated heterocycles. The first kappa shape index (κ1) is 8.85. The lowest BCUT2D eigenvalue weighted by Gasteiger charge is -2.35. The van der Waals surface area contributed by atoms with E-state index < -0.39 is 0 Å². The summed E-state index contributed by atoms with van der Waals surface area (Å²) in [6.07, 6.45) is 2.56. The van der Waals surface area contributed by atoms with Crippen molar-refractivity contribution in [2.75, 3.05) is 18.8 Å². The molecule has 0 saturated carbocycles. The van der Waals surface area contributed by atoms with Crippen LogP contribution in [0.25, 0.3) is 0 Å². The van der Waals surface area contributed by atoms with E-state index in [4.69, 9.17) is 0 Å². The topological polar surface area (TPSA) is 24.1 Å². The summed E-state index contributed by atoms with van der Waals surface area (Å²) in [5.41, 5.74) is 0.349. The number of hydrogen-bond acceptors (Lipinski definition) is 3. The highest BCUT2D eigenvalue weighted by atomic mass is 32.2. The van der Waals surface area contributed by atoms with Gasteiger partial charge in [0.15, 0.2) is 0 Å². The Morgan fingerprint density at radius 1 is 1.17 bits per heavy atom. The molecule has 0 amide bonds. The van der Waals surface area contributed by atoms with Gasteiger partial charge in [-0.1, -0.05) is 0 Å². The van der Waals surface area contributed by atoms with Crippen LogP contribution in [0.1, 0.15) is 26.7 Å². The lowest BCUT2D eigenvalue weighted by molar-refractivity contribution is 0.301. The van der Waals surface area contributed by atoms with Crippen molar-refractivity contribution < 1.29 is 0 Å². The van der Waals surface area contributed by atoms with Crippen LogP contribution in [0.15, 0.2) is 0 Å². The quantitative estimate of drug-likeness (QED) is 0.594. The third-order valence-electron chi connectivity index (χ3n) is 2.69. The number of thioether (sulfide) groups is 1. The van der Waals surface area contributed by atoms with Gasteiger partial charge in [0.1, 0.15) is 0 Å². The Balaban J connectivity index is 2.03. The van der Waals surface area contributed by atoms with Crippen molar-refractivity contribution in [1.82, 2.24) is 10.6 Å². The summed E-state index contributed by atoms with van der Waals surface area (Å²) < 4.78 is 0. The van der Waals surface area contributed by atoms with Gasteiger partial charge in [-0.05, 0) is 39.8 Å². The van der Waals surface area contributed by atoms with Crippen molar-refractivity contribution >= 4 is 11.8 Å². The van der Waals surface area contributed by atoms with Crippen LogP contribution in [-0.2, 0) is 0 Å². The molecule has 0 radical (unpaired) electrons. The van der Waals surface area contributed by atoms with E-state index in [-0.39, 0.29) is 0 Å². The minimum Gasteiger partial charge on any atom is -0.317 e. The Morgan fingerprint density at radius 3 is 2.33 bits per heavy atom. The molecule has 2 nitrogen and oxygen atoms in total. The van der Waals surface area contributed by atoms with E-state index in [1.54, 1.807) is 0 Å². The molecular weight excluding hydrogens is 168 g/mol. The minimum absolute atomic E-state index is 0.349. The van der Waals surface area contributed by atoms with Gasteiger partial charge in [0.2, 0.25) is 0 Å². The fourth-order valence-electron chi connectivity index (χ4n) is 2.11. The van der Waals surface area contributed by atoms with Crippen molar-refractivity contribution in [3.8, 4) is 0 Å². The molecule has 2 rings (SSSR count). The number of nitrogens with one attached hydrogen (secondary N) is 2. The maximum atomic E-state index is 3.77. The summed E-state index contributed by atoms with van der Waals surface area (Å²) in [4.78, 5) is 0.411. The number of rotatable bonds is 0. The smallest absolute Gasteiger partial charge is 0.0674 e. The first-order chi connectivity index (χ1) is 5.62. The lowest BCUT2D eigenvalue weighted by Crippen LogP contribution is -2.52. The minimum atomic E-state index is 0.349. The summed E-state index contributed by atoms with van der Waals surface area (Å²) in [5, 5.41) is 7.18. The van der Waals surface area contributed by atoms with E-state index in [0.717, 1.165) is 0 Å². The molecule has 12 heavy (non-hydrogen) atoms. The molecule has 0 unspecified atom stereocenters. The van der Waals surface area contributed by atoms with Gasteiger partial charge in [-0.3, -0.25) is 5.32 Å². The van der Waals surface area contributed by atoms with Gasteiger partial charge in [-0.25, -0.2) is 0 Å². The van der Waals surface area contributed by atoms with Crippen LogP contribution in [0.3, 0.4) is 0 Å². The predicted molar refractivity (Wildman–Crippen MR) is 54.5 cm³/mol. The van der Waals surface area contributed by atoms with Gasteiger partial charge in [-0.2, -0.15) is 0 Å². The first-order valence-corrected chi connectivity index (χ1v) is 5.75. The summed E-state index contributed by atoms with van der Waals surface area (Å²) in [6.45, 7) is 6.96. The Hall–Kier alpha value is 0.270. The molecule has 0 aromatic rings. The molecule has 0 aliphatic carbocycles. The maximum absolute atomic E-state index is 3.77. The molecule has 2 heterocycles. The molecule has 0 bridgehead atoms. The molecule has 1 spiro atoms. The molecule has 3 heteroatoms. The zero-order chi connectivity index (χ0) is 8.66. The highest BCUT2D eigenvalue weighted by Gasteiger charge is 2.43. The van der Waals surface area contributed by atoms with E-state index in [1.807, 2.05) is 0 Å². The van der Waals surface area contributed by atoms with Gasteiger partial charge in [0.25, 0.3) is 0 Å². The van der Waals surface area contributed by atoms with Crippen LogP contribution in [-0.4, -0.2) is 29.3 Å². The molecule has 0 atom stereocenters. The molecular formula is C9H18N2S. The molecule has 2 fully saturated rings. The number of piperidine rings is 1. The average molecular weight is 186 g/mol. The van der Waals surface area contributed by atoms with Gasteiger partial charge in [-0.15, -0.1) is 11.8 Å². The summed E-state index contributed by atoms with van der Waals surface area (Å²) in [6, 6.07) is 0. The van der Waals surface area contributed by atoms with Gasteiger partial charge < -0.3 is 5.32 Å². The second kappa shape index (κ2) is 2.89. The van der Waals surface area contributed by atoms with E-state index >= 15 is 0 Å². The fourth-order valence-corrected chi connectivity index (χ4v) is 3.66. The van der Waals surface area contributed by atoms with Gasteiger partial charge >= 0.3 is 0 Å². The van der Waals surface area contributed by atoms with Crippen molar-refractivity contribution in [1.29, 1.82) is 0 Å². The molecule has 0 aromatic carbocycles. The molecule has 2 aliphatic heterocycles. The van der Waals surface area contributed by atoms with E-state index in [9.17, 15) is 0 Å². The van der Waals surface area contributed by atoms with Crippen LogP contribution < -0.4 is 10.6 Å². The zero-order valence-electron chi connectivity index (χ0n) is 7.94. The Kier molecular flexibility index (Phi) is 2.13. The molecule has 2 N–H and O–H groups in total. The predicted octanol–water partition coefficient (Wildman–Crippen LogP) is 1.18. The Labute approximate surface area is 78.9 Å². The van der Waals surface area contributed by atoms with Crippen LogP contribution in [0.4, 0.5) is 0 Å². The van der Waals surface area contributed by atoms with Crippen molar-refractivity contribution in [3.05, 3.63) is 0 Å². The summed E-state index contributed by atoms with van der Waals surface area (Å²) in [7, 11) is 0. The van der Waals surface area contributed by atoms with Crippen molar-refractivity contribution in [3.63, 3.8) is 0 Å². The fraction of sp³-hybridized carbons (Fsp3) is 1.00. The largest absolute Gasteiger partial charge is 0.317 e. The third kappa shape index (κ3) is 1.63. The second-order valence-corrected chi connectivity index (χ2v) is 5.90. The Bertz CT molecular complexity index is 173. The van der Waals surface area contributed by atoms with E-state index in [2.05, 4.69) is 36.2 Å². The maximum Gasteiger partial charge on any atom is 0.0674 e. The number of hydrogen-bond donors (Lipinski definition) is 2. The van der Waals surface area contributed by atoms with Crippen LogP contribution >= 0.6 is 11.8 Å². The van der Waals surface area contributed by atoms with Crippen LogP contribution in [0.5, 0.6) is 0 Å². The highest BCUT2D eigenvalue weighted by Crippen LogP contribution is 2.40. The molecule has 2 aliphatic rings. The standard InChI is InChI=1S/C9H18N2S/c1-8(2)7-12-9(11-8)3-5-10-6-4-9/h10-11H,3-7H2,1-2H3. The normalized spacial score (nSPS) is 32.5. The van der Waals surface area contributed by atoms with E-state index in [1.165, 1.54) is 31.7 Å². The molecule has 0 aromatic heterocycles. The first-order valence-electron chi connectivity index (χ1n) is 4.76. The van der Waals surface area contributed by atoms with E-state index in [0.29, 0.717) is 10.4 Å². The third-order valence-corrected chi connectivity index (χ3v) is 4.62. The molecule has 70 valence electrons. The highest BCUT2D eigenvalue weighted by molar-refractivity contribution is 8.01. The second-order valence-electron chi connectivity index (χ2n) is 4.54. The SMILES string of the molecule is CC1(C)CSC2(CCNCC2)N1. The summed E-state index contributed by atoms with van der Waals surface area (Å²) in [5.74, 6) is 1.26. The van der Waals surface area contributed by atoms with Crippen molar-refractivity contribution in [2.45, 2.75) is 37.1 Å². The van der Waals surface area contributed by atoms with Gasteiger partial charge in [0.05, 0.1) is 4.87 Å². The summed E-state index contributed by atoms with van der Waals surface area (Å²) >= 11 is 2.12. The average Bonchev–Trinajstić information content (AvgIpc) is 2.29. The van der Waals surface area contributed by atoms with Crippen LogP contribution in [0, 0.1) is 0 Å². The lowest BCUT2D eigenvalue weighted by atomic mass is 10.0.